The van der Waals surface area contributed by atoms with Crippen molar-refractivity contribution in [3.8, 4) is 5.75 Å². The van der Waals surface area contributed by atoms with Gasteiger partial charge in [-0.05, 0) is 30.6 Å². The minimum atomic E-state index is -0.550. The van der Waals surface area contributed by atoms with Crippen molar-refractivity contribution in [1.29, 1.82) is 0 Å². The number of thiazole rings is 1. The van der Waals surface area contributed by atoms with Crippen LogP contribution in [0.15, 0.2) is 29.6 Å². The van der Waals surface area contributed by atoms with Gasteiger partial charge < -0.3 is 15.2 Å². The summed E-state index contributed by atoms with van der Waals surface area (Å²) in [5.74, 6) is -0.210. The van der Waals surface area contributed by atoms with E-state index >= 15 is 0 Å². The lowest BCUT2D eigenvalue weighted by Gasteiger charge is -2.20. The molecule has 0 radical (unpaired) electrons. The Morgan fingerprint density at radius 2 is 2.04 bits per heavy atom. The lowest BCUT2D eigenvalue weighted by molar-refractivity contribution is -0.115. The fourth-order valence-electron chi connectivity index (χ4n) is 2.53. The zero-order valence-electron chi connectivity index (χ0n) is 15.5. The molecule has 3 aromatic rings. The van der Waals surface area contributed by atoms with Crippen LogP contribution in [-0.2, 0) is 16.1 Å². The van der Waals surface area contributed by atoms with Crippen LogP contribution in [0.1, 0.15) is 28.7 Å². The fourth-order valence-corrected chi connectivity index (χ4v) is 4.05. The molecule has 146 valence electrons. The number of aromatic nitrogens is 2. The van der Waals surface area contributed by atoms with Crippen LogP contribution in [0.4, 0.5) is 15.8 Å². The number of nitrogen functional groups attached to an aromatic ring is 1. The number of hydrogen-bond acceptors (Lipinski definition) is 9. The van der Waals surface area contributed by atoms with Gasteiger partial charge in [0.2, 0.25) is 5.91 Å². The van der Waals surface area contributed by atoms with Gasteiger partial charge in [0.25, 0.3) is 0 Å². The van der Waals surface area contributed by atoms with E-state index in [0.717, 1.165) is 11.5 Å². The zero-order chi connectivity index (χ0) is 20.3. The summed E-state index contributed by atoms with van der Waals surface area (Å²) in [5, 5.41) is 2.51. The summed E-state index contributed by atoms with van der Waals surface area (Å²) in [7, 11) is 1.54. The highest BCUT2D eigenvalue weighted by Gasteiger charge is 2.22. The van der Waals surface area contributed by atoms with E-state index < -0.39 is 5.97 Å². The van der Waals surface area contributed by atoms with Crippen molar-refractivity contribution in [2.75, 3.05) is 17.7 Å². The van der Waals surface area contributed by atoms with Crippen LogP contribution in [0.3, 0.4) is 0 Å². The molecule has 2 aromatic heterocycles. The summed E-state index contributed by atoms with van der Waals surface area (Å²) >= 11 is 2.32. The predicted octanol–water partition coefficient (Wildman–Crippen LogP) is 3.54. The monoisotopic (exact) mass is 418 g/mol. The summed E-state index contributed by atoms with van der Waals surface area (Å²) in [4.78, 5) is 30.4. The second kappa shape index (κ2) is 8.36. The molecule has 0 unspecified atom stereocenters. The number of rotatable bonds is 6. The number of amides is 1. The van der Waals surface area contributed by atoms with E-state index in [1.807, 2.05) is 12.1 Å². The Morgan fingerprint density at radius 1 is 1.29 bits per heavy atom. The first kappa shape index (κ1) is 19.8. The van der Waals surface area contributed by atoms with E-state index in [0.29, 0.717) is 33.0 Å². The maximum absolute atomic E-state index is 12.3. The van der Waals surface area contributed by atoms with Crippen molar-refractivity contribution in [2.45, 2.75) is 20.5 Å². The first-order valence-electron chi connectivity index (χ1n) is 8.19. The van der Waals surface area contributed by atoms with Gasteiger partial charge in [-0.15, -0.1) is 11.3 Å². The molecule has 0 saturated carbocycles. The smallest absolute Gasteiger partial charge is 0.343 e. The topological polar surface area (TPSA) is 108 Å². The number of ether oxygens (including phenoxy) is 2. The number of carbonyl (C=O) groups is 2. The quantitative estimate of drug-likeness (QED) is 0.610. The molecule has 1 aromatic carbocycles. The zero-order valence-corrected chi connectivity index (χ0v) is 17.1. The number of benzene rings is 1. The predicted molar refractivity (Wildman–Crippen MR) is 108 cm³/mol. The minimum Gasteiger partial charge on any atom is -0.495 e. The summed E-state index contributed by atoms with van der Waals surface area (Å²) in [6.45, 7) is 3.10. The van der Waals surface area contributed by atoms with E-state index in [-0.39, 0.29) is 18.1 Å². The number of para-hydroxylation sites is 2. The van der Waals surface area contributed by atoms with Crippen molar-refractivity contribution in [3.05, 3.63) is 46.6 Å². The molecule has 3 rings (SSSR count). The number of carbonyl (C=O) groups excluding carboxylic acids is 2. The molecule has 8 nitrogen and oxygen atoms in total. The van der Waals surface area contributed by atoms with Crippen LogP contribution in [0.5, 0.6) is 5.75 Å². The number of methoxy groups -OCH3 is 1. The highest BCUT2D eigenvalue weighted by Crippen LogP contribution is 2.35. The van der Waals surface area contributed by atoms with Gasteiger partial charge in [0.15, 0.2) is 5.13 Å². The molecule has 0 bridgehead atoms. The number of hydrogen-bond donors (Lipinski definition) is 1. The van der Waals surface area contributed by atoms with Crippen LogP contribution in [0.2, 0.25) is 0 Å². The molecule has 0 saturated heterocycles. The van der Waals surface area contributed by atoms with Crippen molar-refractivity contribution in [1.82, 2.24) is 9.36 Å². The van der Waals surface area contributed by atoms with Gasteiger partial charge in [-0.3, -0.25) is 9.69 Å². The largest absolute Gasteiger partial charge is 0.495 e. The van der Waals surface area contributed by atoms with Crippen molar-refractivity contribution < 1.29 is 19.1 Å². The molecular weight excluding hydrogens is 400 g/mol. The summed E-state index contributed by atoms with van der Waals surface area (Å²) in [6, 6.07) is 7.17. The normalized spacial score (nSPS) is 10.5. The third-order valence-corrected chi connectivity index (χ3v) is 5.46. The summed E-state index contributed by atoms with van der Waals surface area (Å²) < 4.78 is 14.7. The number of anilines is 3. The molecule has 0 atom stereocenters. The molecule has 10 heteroatoms. The molecule has 0 aliphatic carbocycles. The van der Waals surface area contributed by atoms with Gasteiger partial charge in [-0.2, -0.15) is 4.37 Å². The Balaban J connectivity index is 1.78. The molecule has 0 spiro atoms. The van der Waals surface area contributed by atoms with Gasteiger partial charge in [-0.1, -0.05) is 12.1 Å². The Bertz CT molecular complexity index is 995. The van der Waals surface area contributed by atoms with Crippen LogP contribution < -0.4 is 15.4 Å². The lowest BCUT2D eigenvalue weighted by atomic mass is 10.2. The summed E-state index contributed by atoms with van der Waals surface area (Å²) in [5.41, 5.74) is 7.68. The highest BCUT2D eigenvalue weighted by molar-refractivity contribution is 7.14. The molecular formula is C18H18N4O4S2. The lowest BCUT2D eigenvalue weighted by Crippen LogP contribution is -2.23. The average molecular weight is 419 g/mol. The maximum Gasteiger partial charge on any atom is 0.343 e. The Kier molecular flexibility index (Phi) is 5.90. The first-order valence-corrected chi connectivity index (χ1v) is 9.84. The van der Waals surface area contributed by atoms with Gasteiger partial charge in [0.05, 0.1) is 24.2 Å². The van der Waals surface area contributed by atoms with Crippen LogP contribution in [-0.4, -0.2) is 28.3 Å². The van der Waals surface area contributed by atoms with Crippen molar-refractivity contribution in [3.63, 3.8) is 0 Å². The van der Waals surface area contributed by atoms with E-state index in [9.17, 15) is 9.59 Å². The van der Waals surface area contributed by atoms with Gasteiger partial charge in [-0.25, -0.2) is 9.78 Å². The van der Waals surface area contributed by atoms with E-state index in [1.165, 1.54) is 30.3 Å². The minimum absolute atomic E-state index is 0.0400. The number of nitrogens with two attached hydrogens (primary N) is 1. The Labute approximate surface area is 169 Å². The molecule has 1 amide bonds. The van der Waals surface area contributed by atoms with Gasteiger partial charge >= 0.3 is 5.97 Å². The molecule has 0 aliphatic rings. The van der Waals surface area contributed by atoms with E-state index in [2.05, 4.69) is 9.36 Å². The maximum atomic E-state index is 12.3. The fraction of sp³-hybridized carbons (Fsp3) is 0.222. The third-order valence-electron chi connectivity index (χ3n) is 3.82. The van der Waals surface area contributed by atoms with Crippen LogP contribution >= 0.6 is 22.9 Å². The van der Waals surface area contributed by atoms with E-state index in [1.54, 1.807) is 24.4 Å². The van der Waals surface area contributed by atoms with Crippen LogP contribution in [0.25, 0.3) is 0 Å². The molecule has 2 N–H and O–H groups in total. The number of nitrogens with zero attached hydrogens (tertiary/aromatic N) is 3. The standard InChI is InChI=1S/C18H18N4O4S2/c1-10-15(16(19)28-21-10)17(24)26-8-12-9-27-18(20-12)22(11(2)23)13-6-4-5-7-14(13)25-3/h4-7,9H,8,19H2,1-3H3. The van der Waals surface area contributed by atoms with E-state index in [4.69, 9.17) is 15.2 Å². The molecule has 0 aliphatic heterocycles. The van der Waals surface area contributed by atoms with Crippen LogP contribution in [0, 0.1) is 6.92 Å². The molecule has 0 fully saturated rings. The second-order valence-electron chi connectivity index (χ2n) is 5.73. The highest BCUT2D eigenvalue weighted by atomic mass is 32.1. The second-order valence-corrected chi connectivity index (χ2v) is 7.37. The molecule has 28 heavy (non-hydrogen) atoms. The van der Waals surface area contributed by atoms with Gasteiger partial charge in [0.1, 0.15) is 22.9 Å². The first-order chi connectivity index (χ1) is 13.4. The number of esters is 1. The summed E-state index contributed by atoms with van der Waals surface area (Å²) in [6.07, 6.45) is 0. The van der Waals surface area contributed by atoms with Crippen molar-refractivity contribution >= 4 is 50.6 Å². The Hall–Kier alpha value is -2.98. The van der Waals surface area contributed by atoms with Crippen molar-refractivity contribution in [2.24, 2.45) is 0 Å². The Morgan fingerprint density at radius 3 is 2.68 bits per heavy atom. The number of aryl methyl sites for hydroxylation is 1. The SMILES string of the molecule is COc1ccccc1N(C(C)=O)c1nc(COC(=O)c2c(C)nsc2N)cs1. The molecule has 2 heterocycles. The van der Waals surface area contributed by atoms with Gasteiger partial charge in [0, 0.05) is 12.3 Å². The third kappa shape index (κ3) is 3.97. The average Bonchev–Trinajstić information content (AvgIpc) is 3.26.